The highest BCUT2D eigenvalue weighted by Gasteiger charge is 2.14. The molecule has 0 atom stereocenters. The van der Waals surface area contributed by atoms with Gasteiger partial charge in [0.15, 0.2) is 5.78 Å². The molecule has 0 aliphatic heterocycles. The summed E-state index contributed by atoms with van der Waals surface area (Å²) in [6, 6.07) is 8.64. The second kappa shape index (κ2) is 4.63. The van der Waals surface area contributed by atoms with Gasteiger partial charge in [0.25, 0.3) is 0 Å². The Morgan fingerprint density at radius 1 is 1.00 bits per heavy atom. The van der Waals surface area contributed by atoms with Gasteiger partial charge < -0.3 is 0 Å². The molecule has 0 aliphatic carbocycles. The van der Waals surface area contributed by atoms with Crippen LogP contribution in [-0.4, -0.2) is 5.78 Å². The smallest absolute Gasteiger partial charge is 0.196 e. The van der Waals surface area contributed by atoms with Crippen LogP contribution in [0.2, 0.25) is 5.02 Å². The molecule has 0 bridgehead atoms. The zero-order chi connectivity index (χ0) is 12.4. The first-order valence-electron chi connectivity index (χ1n) is 4.83. The molecule has 0 spiro atoms. The normalized spacial score (nSPS) is 10.3. The molecule has 0 aromatic heterocycles. The van der Waals surface area contributed by atoms with Crippen molar-refractivity contribution in [3.63, 3.8) is 0 Å². The third-order valence-corrected chi connectivity index (χ3v) is 2.51. The van der Waals surface area contributed by atoms with Crippen LogP contribution in [0.4, 0.5) is 8.78 Å². The van der Waals surface area contributed by atoms with Crippen molar-refractivity contribution in [2.45, 2.75) is 0 Å². The van der Waals surface area contributed by atoms with Crippen LogP contribution in [0, 0.1) is 11.6 Å². The lowest BCUT2D eigenvalue weighted by Gasteiger charge is -2.03. The van der Waals surface area contributed by atoms with Gasteiger partial charge in [0.2, 0.25) is 0 Å². The first-order chi connectivity index (χ1) is 8.08. The van der Waals surface area contributed by atoms with Gasteiger partial charge in [0.1, 0.15) is 11.6 Å². The van der Waals surface area contributed by atoms with E-state index in [2.05, 4.69) is 0 Å². The highest BCUT2D eigenvalue weighted by molar-refractivity contribution is 6.31. The molecular weight excluding hydrogens is 246 g/mol. The van der Waals surface area contributed by atoms with Crippen molar-refractivity contribution >= 4 is 17.4 Å². The predicted molar refractivity (Wildman–Crippen MR) is 61.2 cm³/mol. The lowest BCUT2D eigenvalue weighted by molar-refractivity contribution is 0.103. The molecule has 0 radical (unpaired) electrons. The molecule has 0 aliphatic rings. The second-order valence-corrected chi connectivity index (χ2v) is 3.90. The number of carbonyl (C=O) groups is 1. The Morgan fingerprint density at radius 2 is 1.65 bits per heavy atom. The van der Waals surface area contributed by atoms with E-state index in [9.17, 15) is 13.6 Å². The highest BCUT2D eigenvalue weighted by Crippen LogP contribution is 2.18. The third kappa shape index (κ3) is 2.50. The summed E-state index contributed by atoms with van der Waals surface area (Å²) in [4.78, 5) is 11.9. The third-order valence-electron chi connectivity index (χ3n) is 2.28. The Morgan fingerprint density at radius 3 is 2.29 bits per heavy atom. The molecule has 0 saturated carbocycles. The average molecular weight is 253 g/mol. The van der Waals surface area contributed by atoms with Gasteiger partial charge in [-0.1, -0.05) is 11.6 Å². The van der Waals surface area contributed by atoms with Crippen LogP contribution in [0.15, 0.2) is 42.5 Å². The van der Waals surface area contributed by atoms with Crippen LogP contribution in [0.5, 0.6) is 0 Å². The van der Waals surface area contributed by atoms with Gasteiger partial charge >= 0.3 is 0 Å². The van der Waals surface area contributed by atoms with Gasteiger partial charge in [-0.3, -0.25) is 4.79 Å². The summed E-state index contributed by atoms with van der Waals surface area (Å²) < 4.78 is 26.1. The number of rotatable bonds is 2. The first kappa shape index (κ1) is 11.7. The van der Waals surface area contributed by atoms with Crippen molar-refractivity contribution in [2.24, 2.45) is 0 Å². The number of halogens is 3. The first-order valence-corrected chi connectivity index (χ1v) is 5.21. The molecule has 0 fully saturated rings. The molecule has 2 aromatic rings. The highest BCUT2D eigenvalue weighted by atomic mass is 35.5. The molecule has 0 amide bonds. The van der Waals surface area contributed by atoms with Crippen LogP contribution in [0.1, 0.15) is 15.9 Å². The van der Waals surface area contributed by atoms with E-state index in [1.165, 1.54) is 24.3 Å². The molecule has 86 valence electrons. The van der Waals surface area contributed by atoms with Crippen molar-refractivity contribution < 1.29 is 13.6 Å². The fourth-order valence-electron chi connectivity index (χ4n) is 1.43. The van der Waals surface area contributed by atoms with E-state index < -0.39 is 17.4 Å². The Labute approximate surface area is 102 Å². The van der Waals surface area contributed by atoms with Gasteiger partial charge in [-0.15, -0.1) is 0 Å². The van der Waals surface area contributed by atoms with Crippen LogP contribution < -0.4 is 0 Å². The van der Waals surface area contributed by atoms with E-state index >= 15 is 0 Å². The Balaban J connectivity index is 2.43. The number of hydrogen-bond acceptors (Lipinski definition) is 1. The van der Waals surface area contributed by atoms with E-state index in [1.807, 2.05) is 0 Å². The number of carbonyl (C=O) groups excluding carboxylic acids is 1. The summed E-state index contributed by atoms with van der Waals surface area (Å²) in [7, 11) is 0. The standard InChI is InChI=1S/C13H7ClF2O/c14-9-3-6-12(16)11(7-9)13(17)8-1-4-10(15)5-2-8/h1-7H. The molecule has 4 heteroatoms. The topological polar surface area (TPSA) is 17.1 Å². The van der Waals surface area contributed by atoms with Crippen LogP contribution in [0.3, 0.4) is 0 Å². The van der Waals surface area contributed by atoms with Crippen LogP contribution in [0.25, 0.3) is 0 Å². The number of benzene rings is 2. The van der Waals surface area contributed by atoms with Gasteiger partial charge in [0.05, 0.1) is 5.56 Å². The maximum absolute atomic E-state index is 13.4. The summed E-state index contributed by atoms with van der Waals surface area (Å²) >= 11 is 5.69. The number of ketones is 1. The molecule has 17 heavy (non-hydrogen) atoms. The monoisotopic (exact) mass is 252 g/mol. The van der Waals surface area contributed by atoms with Crippen molar-refractivity contribution in [2.75, 3.05) is 0 Å². The van der Waals surface area contributed by atoms with Crippen molar-refractivity contribution in [3.8, 4) is 0 Å². The molecule has 2 aromatic carbocycles. The molecule has 1 nitrogen and oxygen atoms in total. The second-order valence-electron chi connectivity index (χ2n) is 3.46. The van der Waals surface area contributed by atoms with E-state index in [0.29, 0.717) is 0 Å². The maximum atomic E-state index is 13.4. The van der Waals surface area contributed by atoms with Gasteiger partial charge in [-0.05, 0) is 42.5 Å². The van der Waals surface area contributed by atoms with E-state index in [0.717, 1.165) is 18.2 Å². The van der Waals surface area contributed by atoms with E-state index in [4.69, 9.17) is 11.6 Å². The molecular formula is C13H7ClF2O. The Bertz CT molecular complexity index is 564. The lowest BCUT2D eigenvalue weighted by atomic mass is 10.0. The summed E-state index contributed by atoms with van der Waals surface area (Å²) in [6.45, 7) is 0. The molecule has 0 heterocycles. The minimum absolute atomic E-state index is 0.121. The minimum atomic E-state index is -0.649. The van der Waals surface area contributed by atoms with Crippen molar-refractivity contribution in [3.05, 3.63) is 70.2 Å². The quantitative estimate of drug-likeness (QED) is 0.742. The average Bonchev–Trinajstić information content (AvgIpc) is 2.32. The predicted octanol–water partition coefficient (Wildman–Crippen LogP) is 3.85. The van der Waals surface area contributed by atoms with Gasteiger partial charge in [-0.25, -0.2) is 8.78 Å². The fourth-order valence-corrected chi connectivity index (χ4v) is 1.60. The summed E-state index contributed by atoms with van der Waals surface area (Å²) in [5.74, 6) is -1.62. The van der Waals surface area contributed by atoms with Crippen molar-refractivity contribution in [1.29, 1.82) is 0 Å². The molecule has 0 saturated heterocycles. The van der Waals surface area contributed by atoms with E-state index in [-0.39, 0.29) is 16.1 Å². The van der Waals surface area contributed by atoms with E-state index in [1.54, 1.807) is 0 Å². The minimum Gasteiger partial charge on any atom is -0.288 e. The van der Waals surface area contributed by atoms with Crippen molar-refractivity contribution in [1.82, 2.24) is 0 Å². The Kier molecular flexibility index (Phi) is 3.20. The maximum Gasteiger partial charge on any atom is 0.196 e. The Hall–Kier alpha value is -1.74. The zero-order valence-electron chi connectivity index (χ0n) is 8.58. The SMILES string of the molecule is O=C(c1ccc(F)cc1)c1cc(Cl)ccc1F. The summed E-state index contributed by atoms with van der Waals surface area (Å²) in [6.07, 6.45) is 0. The molecule has 0 N–H and O–H groups in total. The summed E-state index contributed by atoms with van der Waals surface area (Å²) in [5, 5.41) is 0.275. The fraction of sp³-hybridized carbons (Fsp3) is 0. The number of hydrogen-bond donors (Lipinski definition) is 0. The van der Waals surface area contributed by atoms with Gasteiger partial charge in [0, 0.05) is 10.6 Å². The summed E-state index contributed by atoms with van der Waals surface area (Å²) in [5.41, 5.74) is 0.0941. The van der Waals surface area contributed by atoms with Crippen LogP contribution >= 0.6 is 11.6 Å². The van der Waals surface area contributed by atoms with Crippen LogP contribution in [-0.2, 0) is 0 Å². The molecule has 0 unspecified atom stereocenters. The largest absolute Gasteiger partial charge is 0.288 e. The zero-order valence-corrected chi connectivity index (χ0v) is 9.34. The lowest BCUT2D eigenvalue weighted by Crippen LogP contribution is -2.04. The van der Waals surface area contributed by atoms with Gasteiger partial charge in [-0.2, -0.15) is 0 Å². The molecule has 2 rings (SSSR count).